The van der Waals surface area contributed by atoms with E-state index in [0.717, 1.165) is 30.0 Å². The number of carbonyl (C=O) groups is 1. The van der Waals surface area contributed by atoms with Crippen LogP contribution in [0.5, 0.6) is 5.75 Å². The topological polar surface area (TPSA) is 65.4 Å². The average Bonchev–Trinajstić information content (AvgIpc) is 3.13. The van der Waals surface area contributed by atoms with Crippen molar-refractivity contribution in [2.75, 3.05) is 13.7 Å². The quantitative estimate of drug-likeness (QED) is 0.742. The smallest absolute Gasteiger partial charge is 0.255 e. The molecule has 1 amide bonds. The molecule has 0 saturated carbocycles. The number of amides is 1. The minimum Gasteiger partial charge on any atom is -0.494 e. The molecule has 2 heterocycles. The Morgan fingerprint density at radius 1 is 1.25 bits per heavy atom. The molecule has 1 N–H and O–H groups in total. The Morgan fingerprint density at radius 2 is 2.11 bits per heavy atom. The summed E-state index contributed by atoms with van der Waals surface area (Å²) in [6.45, 7) is 3.76. The zero-order valence-corrected chi connectivity index (χ0v) is 16.1. The molecule has 3 aromatic rings. The molecule has 0 radical (unpaired) electrons. The van der Waals surface area contributed by atoms with Gasteiger partial charge in [0.15, 0.2) is 0 Å². The Hall–Kier alpha value is -3.12. The highest BCUT2D eigenvalue weighted by molar-refractivity contribution is 5.95. The minimum absolute atomic E-state index is 0.146. The van der Waals surface area contributed by atoms with Gasteiger partial charge in [0.25, 0.3) is 5.91 Å². The van der Waals surface area contributed by atoms with Crippen LogP contribution in [0.3, 0.4) is 0 Å². The zero-order valence-electron chi connectivity index (χ0n) is 16.1. The van der Waals surface area contributed by atoms with E-state index in [0.29, 0.717) is 24.5 Å². The van der Waals surface area contributed by atoms with Crippen LogP contribution in [0.4, 0.5) is 0 Å². The van der Waals surface area contributed by atoms with E-state index in [4.69, 9.17) is 9.47 Å². The van der Waals surface area contributed by atoms with Crippen molar-refractivity contribution < 1.29 is 14.3 Å². The molecule has 1 aliphatic heterocycles. The molecule has 1 aromatic heterocycles. The van der Waals surface area contributed by atoms with Crippen LogP contribution in [-0.4, -0.2) is 29.4 Å². The van der Waals surface area contributed by atoms with Gasteiger partial charge in [0.1, 0.15) is 11.4 Å². The van der Waals surface area contributed by atoms with Gasteiger partial charge in [-0.15, -0.1) is 0 Å². The molecule has 0 fully saturated rings. The van der Waals surface area contributed by atoms with E-state index in [1.165, 1.54) is 11.1 Å². The first-order valence-corrected chi connectivity index (χ1v) is 9.32. The van der Waals surface area contributed by atoms with Crippen LogP contribution in [0.1, 0.15) is 32.7 Å². The largest absolute Gasteiger partial charge is 0.494 e. The SMILES string of the molecule is COc1ccccc1-n1ncc(C(=O)NCc2ccc3c(c2)COCC3)c1C. The highest BCUT2D eigenvalue weighted by Crippen LogP contribution is 2.24. The van der Waals surface area contributed by atoms with Gasteiger partial charge >= 0.3 is 0 Å². The molecule has 6 nitrogen and oxygen atoms in total. The third kappa shape index (κ3) is 3.51. The number of rotatable bonds is 5. The third-order valence-electron chi connectivity index (χ3n) is 5.06. The maximum Gasteiger partial charge on any atom is 0.255 e. The van der Waals surface area contributed by atoms with Gasteiger partial charge in [-0.1, -0.05) is 30.3 Å². The number of nitrogens with one attached hydrogen (secondary N) is 1. The van der Waals surface area contributed by atoms with Crippen LogP contribution in [0.2, 0.25) is 0 Å². The van der Waals surface area contributed by atoms with Crippen LogP contribution in [-0.2, 0) is 24.3 Å². The van der Waals surface area contributed by atoms with Crippen LogP contribution in [0, 0.1) is 6.92 Å². The molecule has 2 aromatic carbocycles. The van der Waals surface area contributed by atoms with Crippen LogP contribution < -0.4 is 10.1 Å². The summed E-state index contributed by atoms with van der Waals surface area (Å²) in [7, 11) is 1.62. The first-order chi connectivity index (χ1) is 13.7. The molecule has 4 rings (SSSR count). The van der Waals surface area contributed by atoms with E-state index in [1.54, 1.807) is 18.0 Å². The van der Waals surface area contributed by atoms with E-state index in [-0.39, 0.29) is 5.91 Å². The number of benzene rings is 2. The second-order valence-corrected chi connectivity index (χ2v) is 6.82. The lowest BCUT2D eigenvalue weighted by Crippen LogP contribution is -2.23. The number of hydrogen-bond acceptors (Lipinski definition) is 4. The van der Waals surface area contributed by atoms with Crippen molar-refractivity contribution in [1.29, 1.82) is 0 Å². The summed E-state index contributed by atoms with van der Waals surface area (Å²) in [5.41, 5.74) is 5.71. The maximum atomic E-state index is 12.7. The minimum atomic E-state index is -0.146. The number of methoxy groups -OCH3 is 1. The Bertz CT molecular complexity index is 1010. The summed E-state index contributed by atoms with van der Waals surface area (Å²) in [5, 5.41) is 7.38. The fourth-order valence-electron chi connectivity index (χ4n) is 3.49. The lowest BCUT2D eigenvalue weighted by atomic mass is 10.0. The summed E-state index contributed by atoms with van der Waals surface area (Å²) < 4.78 is 12.6. The fraction of sp³-hybridized carbons (Fsp3) is 0.273. The molecule has 28 heavy (non-hydrogen) atoms. The zero-order chi connectivity index (χ0) is 19.5. The highest BCUT2D eigenvalue weighted by atomic mass is 16.5. The lowest BCUT2D eigenvalue weighted by Gasteiger charge is -2.17. The van der Waals surface area contributed by atoms with Gasteiger partial charge in [-0.05, 0) is 42.2 Å². The first kappa shape index (κ1) is 18.3. The summed E-state index contributed by atoms with van der Waals surface area (Å²) in [4.78, 5) is 12.7. The van der Waals surface area contributed by atoms with Crippen molar-refractivity contribution in [3.8, 4) is 11.4 Å². The standard InChI is InChI=1S/C22H23N3O3/c1-15-19(13-24-25(15)20-5-3-4-6-21(20)27-2)22(26)23-12-16-7-8-17-9-10-28-14-18(17)11-16/h3-8,11,13H,9-10,12,14H2,1-2H3,(H,23,26). The van der Waals surface area contributed by atoms with Crippen molar-refractivity contribution in [2.24, 2.45) is 0 Å². The summed E-state index contributed by atoms with van der Waals surface area (Å²) in [6, 6.07) is 13.9. The van der Waals surface area contributed by atoms with Crippen LogP contribution in [0.15, 0.2) is 48.7 Å². The molecule has 0 spiro atoms. The van der Waals surface area contributed by atoms with Gasteiger partial charge in [-0.2, -0.15) is 5.10 Å². The van der Waals surface area contributed by atoms with Crippen LogP contribution in [0.25, 0.3) is 5.69 Å². The summed E-state index contributed by atoms with van der Waals surface area (Å²) in [6.07, 6.45) is 2.54. The number of aromatic nitrogens is 2. The molecule has 0 bridgehead atoms. The average molecular weight is 377 g/mol. The molecule has 144 valence electrons. The van der Waals surface area contributed by atoms with Gasteiger partial charge in [0.05, 0.1) is 37.8 Å². The Labute approximate surface area is 164 Å². The maximum absolute atomic E-state index is 12.7. The van der Waals surface area contributed by atoms with Gasteiger partial charge in [-0.25, -0.2) is 4.68 Å². The number of carbonyl (C=O) groups excluding carboxylic acids is 1. The molecular weight excluding hydrogens is 354 g/mol. The van der Waals surface area contributed by atoms with Crippen molar-refractivity contribution in [1.82, 2.24) is 15.1 Å². The molecule has 0 saturated heterocycles. The van der Waals surface area contributed by atoms with Crippen molar-refractivity contribution >= 4 is 5.91 Å². The summed E-state index contributed by atoms with van der Waals surface area (Å²) >= 11 is 0. The normalized spacial score (nSPS) is 13.1. The first-order valence-electron chi connectivity index (χ1n) is 9.32. The van der Waals surface area contributed by atoms with Crippen molar-refractivity contribution in [3.05, 3.63) is 76.6 Å². The predicted molar refractivity (Wildman–Crippen MR) is 106 cm³/mol. The molecule has 1 aliphatic rings. The molecule has 0 atom stereocenters. The second kappa shape index (κ2) is 7.86. The van der Waals surface area contributed by atoms with Gasteiger partial charge < -0.3 is 14.8 Å². The molecular formula is C22H23N3O3. The number of fused-ring (bicyclic) bond motifs is 1. The monoisotopic (exact) mass is 377 g/mol. The highest BCUT2D eigenvalue weighted by Gasteiger charge is 2.17. The van der Waals surface area contributed by atoms with Crippen molar-refractivity contribution in [2.45, 2.75) is 26.5 Å². The van der Waals surface area contributed by atoms with E-state index < -0.39 is 0 Å². The third-order valence-corrected chi connectivity index (χ3v) is 5.06. The number of nitrogens with zero attached hydrogens (tertiary/aromatic N) is 2. The van der Waals surface area contributed by atoms with Gasteiger partial charge in [0, 0.05) is 6.54 Å². The fourth-order valence-corrected chi connectivity index (χ4v) is 3.49. The Balaban J connectivity index is 1.49. The second-order valence-electron chi connectivity index (χ2n) is 6.82. The number of ether oxygens (including phenoxy) is 2. The molecule has 0 unspecified atom stereocenters. The predicted octanol–water partition coefficient (Wildman–Crippen LogP) is 3.19. The van der Waals surface area contributed by atoms with E-state index >= 15 is 0 Å². The number of hydrogen-bond donors (Lipinski definition) is 1. The van der Waals surface area contributed by atoms with Crippen LogP contribution >= 0.6 is 0 Å². The van der Waals surface area contributed by atoms with E-state index in [2.05, 4.69) is 28.6 Å². The Kier molecular flexibility index (Phi) is 5.12. The van der Waals surface area contributed by atoms with E-state index in [1.807, 2.05) is 31.2 Å². The van der Waals surface area contributed by atoms with Crippen molar-refractivity contribution in [3.63, 3.8) is 0 Å². The molecule has 0 aliphatic carbocycles. The van der Waals surface area contributed by atoms with Gasteiger partial charge in [-0.3, -0.25) is 4.79 Å². The summed E-state index contributed by atoms with van der Waals surface area (Å²) in [5.74, 6) is 0.560. The van der Waals surface area contributed by atoms with E-state index in [9.17, 15) is 4.79 Å². The van der Waals surface area contributed by atoms with Gasteiger partial charge in [0.2, 0.25) is 0 Å². The lowest BCUT2D eigenvalue weighted by molar-refractivity contribution is 0.0950. The number of para-hydroxylation sites is 2. The molecule has 6 heteroatoms. The Morgan fingerprint density at radius 3 is 2.96 bits per heavy atom.